The van der Waals surface area contributed by atoms with Crippen LogP contribution in [-0.4, -0.2) is 29.2 Å². The van der Waals surface area contributed by atoms with Gasteiger partial charge in [0.1, 0.15) is 0 Å². The van der Waals surface area contributed by atoms with Gasteiger partial charge in [-0.25, -0.2) is 0 Å². The molecule has 2 rings (SSSR count). The van der Waals surface area contributed by atoms with Crippen molar-refractivity contribution in [1.29, 1.82) is 0 Å². The third kappa shape index (κ3) is 4.24. The minimum atomic E-state index is -0.484. The largest absolute Gasteiger partial charge is 0.491 e. The van der Waals surface area contributed by atoms with Crippen LogP contribution in [0.1, 0.15) is 45.7 Å². The SMILES string of the molecule is CC(=O)SCC(=Cc1ccc(C)cc1N)B1OC(C)(C)C(C)(C)O1. The van der Waals surface area contributed by atoms with Crippen molar-refractivity contribution in [1.82, 2.24) is 0 Å². The van der Waals surface area contributed by atoms with Crippen LogP contribution in [0.25, 0.3) is 6.08 Å². The first kappa shape index (κ1) is 19.1. The monoisotopic (exact) mass is 347 g/mol. The van der Waals surface area contributed by atoms with Crippen molar-refractivity contribution in [2.75, 3.05) is 11.5 Å². The molecule has 0 aliphatic carbocycles. The number of aryl methyl sites for hydroxylation is 1. The Balaban J connectivity index is 2.35. The first-order valence-electron chi connectivity index (χ1n) is 8.07. The zero-order valence-corrected chi connectivity index (χ0v) is 16.1. The van der Waals surface area contributed by atoms with Crippen LogP contribution in [0.4, 0.5) is 5.69 Å². The van der Waals surface area contributed by atoms with Gasteiger partial charge in [-0.1, -0.05) is 30.0 Å². The third-order valence-electron chi connectivity index (χ3n) is 4.58. The number of rotatable bonds is 4. The predicted octanol–water partition coefficient (Wildman–Crippen LogP) is 3.87. The summed E-state index contributed by atoms with van der Waals surface area (Å²) < 4.78 is 12.3. The third-order valence-corrected chi connectivity index (χ3v) is 5.47. The molecular formula is C18H26BNO3S. The number of carbonyl (C=O) groups is 1. The molecule has 6 heteroatoms. The van der Waals surface area contributed by atoms with E-state index in [4.69, 9.17) is 15.0 Å². The highest BCUT2D eigenvalue weighted by Gasteiger charge is 2.52. The van der Waals surface area contributed by atoms with Gasteiger partial charge in [0.05, 0.1) is 11.2 Å². The van der Waals surface area contributed by atoms with Gasteiger partial charge in [-0.3, -0.25) is 4.79 Å². The molecule has 1 aliphatic rings. The molecule has 0 aromatic heterocycles. The molecule has 2 N–H and O–H groups in total. The Morgan fingerprint density at radius 3 is 2.33 bits per heavy atom. The van der Waals surface area contributed by atoms with Crippen LogP contribution in [0, 0.1) is 6.92 Å². The molecule has 1 aliphatic heterocycles. The molecule has 0 unspecified atom stereocenters. The van der Waals surface area contributed by atoms with E-state index in [1.165, 1.54) is 11.8 Å². The van der Waals surface area contributed by atoms with E-state index in [0.717, 1.165) is 16.6 Å². The Morgan fingerprint density at radius 2 is 1.83 bits per heavy atom. The Bertz CT molecular complexity index is 654. The van der Waals surface area contributed by atoms with Gasteiger partial charge < -0.3 is 15.0 Å². The molecule has 0 bridgehead atoms. The zero-order chi connectivity index (χ0) is 18.1. The second kappa shape index (κ2) is 6.94. The lowest BCUT2D eigenvalue weighted by molar-refractivity contribution is -0.109. The maximum absolute atomic E-state index is 11.4. The lowest BCUT2D eigenvalue weighted by Crippen LogP contribution is -2.41. The number of hydrogen-bond donors (Lipinski definition) is 1. The summed E-state index contributed by atoms with van der Waals surface area (Å²) in [5, 5.41) is 0.0642. The molecule has 130 valence electrons. The molecule has 24 heavy (non-hydrogen) atoms. The zero-order valence-electron chi connectivity index (χ0n) is 15.3. The van der Waals surface area contributed by atoms with Gasteiger partial charge in [0.25, 0.3) is 0 Å². The quantitative estimate of drug-likeness (QED) is 0.662. The van der Waals surface area contributed by atoms with E-state index in [-0.39, 0.29) is 5.12 Å². The van der Waals surface area contributed by atoms with Crippen molar-refractivity contribution in [2.24, 2.45) is 0 Å². The van der Waals surface area contributed by atoms with Crippen LogP contribution >= 0.6 is 11.8 Å². The average Bonchev–Trinajstić information content (AvgIpc) is 2.65. The summed E-state index contributed by atoms with van der Waals surface area (Å²) in [5.41, 5.74) is 8.93. The van der Waals surface area contributed by atoms with Gasteiger partial charge in [-0.2, -0.15) is 0 Å². The van der Waals surface area contributed by atoms with E-state index in [0.29, 0.717) is 11.4 Å². The molecule has 1 heterocycles. The molecule has 1 fully saturated rings. The highest BCUT2D eigenvalue weighted by atomic mass is 32.2. The molecule has 1 aromatic carbocycles. The highest BCUT2D eigenvalue weighted by Crippen LogP contribution is 2.39. The summed E-state index contributed by atoms with van der Waals surface area (Å²) in [6, 6.07) is 5.93. The van der Waals surface area contributed by atoms with Gasteiger partial charge in [-0.15, -0.1) is 0 Å². The first-order chi connectivity index (χ1) is 11.0. The second-order valence-electron chi connectivity index (χ2n) is 7.22. The number of anilines is 1. The second-order valence-corrected chi connectivity index (χ2v) is 8.37. The van der Waals surface area contributed by atoms with Crippen LogP contribution in [-0.2, 0) is 14.1 Å². The van der Waals surface area contributed by atoms with Gasteiger partial charge in [0.2, 0.25) is 0 Å². The average molecular weight is 347 g/mol. The summed E-state index contributed by atoms with van der Waals surface area (Å²) in [5.74, 6) is 0.513. The van der Waals surface area contributed by atoms with E-state index >= 15 is 0 Å². The molecule has 4 nitrogen and oxygen atoms in total. The number of carbonyl (C=O) groups excluding carboxylic acids is 1. The maximum atomic E-state index is 11.4. The molecule has 0 amide bonds. The van der Waals surface area contributed by atoms with Crippen LogP contribution in [0.2, 0.25) is 0 Å². The molecule has 0 spiro atoms. The van der Waals surface area contributed by atoms with Crippen LogP contribution < -0.4 is 5.73 Å². The number of nitrogens with two attached hydrogens (primary N) is 1. The summed E-state index contributed by atoms with van der Waals surface area (Å²) in [6.45, 7) is 11.6. The fraction of sp³-hybridized carbons (Fsp3) is 0.500. The summed E-state index contributed by atoms with van der Waals surface area (Å²) in [7, 11) is -0.484. The lowest BCUT2D eigenvalue weighted by atomic mass is 9.78. The molecule has 0 radical (unpaired) electrons. The van der Waals surface area contributed by atoms with E-state index in [2.05, 4.69) is 0 Å². The van der Waals surface area contributed by atoms with E-state index < -0.39 is 18.3 Å². The fourth-order valence-corrected chi connectivity index (χ4v) is 2.97. The Labute approximate surface area is 149 Å². The molecule has 1 saturated heterocycles. The van der Waals surface area contributed by atoms with Crippen molar-refractivity contribution in [2.45, 2.75) is 52.7 Å². The van der Waals surface area contributed by atoms with E-state index in [1.54, 1.807) is 6.92 Å². The summed E-state index contributed by atoms with van der Waals surface area (Å²) >= 11 is 1.25. The highest BCUT2D eigenvalue weighted by molar-refractivity contribution is 8.13. The van der Waals surface area contributed by atoms with Crippen LogP contribution in [0.15, 0.2) is 23.7 Å². The van der Waals surface area contributed by atoms with Gasteiger partial charge >= 0.3 is 7.12 Å². The Kier molecular flexibility index (Phi) is 5.52. The maximum Gasteiger partial charge on any atom is 0.491 e. The van der Waals surface area contributed by atoms with Gasteiger partial charge in [0.15, 0.2) is 5.12 Å². The molecule has 1 aromatic rings. The topological polar surface area (TPSA) is 61.6 Å². The number of benzene rings is 1. The van der Waals surface area contributed by atoms with E-state index in [9.17, 15) is 4.79 Å². The summed E-state index contributed by atoms with van der Waals surface area (Å²) in [6.07, 6.45) is 1.98. The lowest BCUT2D eigenvalue weighted by Gasteiger charge is -2.32. The van der Waals surface area contributed by atoms with Gasteiger partial charge in [-0.05, 0) is 57.3 Å². The Morgan fingerprint density at radius 1 is 1.25 bits per heavy atom. The van der Waals surface area contributed by atoms with Gasteiger partial charge in [0, 0.05) is 18.4 Å². The minimum Gasteiger partial charge on any atom is -0.400 e. The molecule has 0 atom stereocenters. The molecule has 0 saturated carbocycles. The Hall–Kier alpha value is -1.24. The van der Waals surface area contributed by atoms with Crippen molar-refractivity contribution < 1.29 is 14.1 Å². The van der Waals surface area contributed by atoms with Crippen LogP contribution in [0.5, 0.6) is 0 Å². The van der Waals surface area contributed by atoms with E-state index in [1.807, 2.05) is 58.9 Å². The smallest absolute Gasteiger partial charge is 0.400 e. The minimum absolute atomic E-state index is 0.0642. The fourth-order valence-electron chi connectivity index (χ4n) is 2.38. The number of hydrogen-bond acceptors (Lipinski definition) is 5. The normalized spacial score (nSPS) is 19.6. The first-order valence-corrected chi connectivity index (χ1v) is 9.06. The molecular weight excluding hydrogens is 321 g/mol. The van der Waals surface area contributed by atoms with Crippen LogP contribution in [0.3, 0.4) is 0 Å². The number of thioether (sulfide) groups is 1. The van der Waals surface area contributed by atoms with Crippen molar-refractivity contribution in [3.05, 3.63) is 34.8 Å². The standard InChI is InChI=1S/C18H26BNO3S/c1-12-7-8-14(16(20)9-12)10-15(11-24-13(2)21)19-22-17(3,4)18(5,6)23-19/h7-10H,11,20H2,1-6H3. The summed E-state index contributed by atoms with van der Waals surface area (Å²) in [4.78, 5) is 11.4. The number of nitrogen functional groups attached to an aromatic ring is 1. The van der Waals surface area contributed by atoms with Crippen molar-refractivity contribution >= 4 is 35.8 Å². The van der Waals surface area contributed by atoms with Crippen molar-refractivity contribution in [3.63, 3.8) is 0 Å². The van der Waals surface area contributed by atoms with Crippen molar-refractivity contribution in [3.8, 4) is 0 Å². The predicted molar refractivity (Wildman–Crippen MR) is 103 cm³/mol.